The lowest BCUT2D eigenvalue weighted by Crippen LogP contribution is -2.25. The number of hydrogen-bond acceptors (Lipinski definition) is 11. The number of hydrogen-bond donors (Lipinski definition) is 4. The molecule has 0 bridgehead atoms. The molecule has 0 saturated heterocycles. The van der Waals surface area contributed by atoms with Crippen LogP contribution in [0.1, 0.15) is 0 Å². The molecule has 15 nitrogen and oxygen atoms in total. The molecule has 0 aliphatic rings. The van der Waals surface area contributed by atoms with Gasteiger partial charge in [-0.25, -0.2) is 18.3 Å². The van der Waals surface area contributed by atoms with E-state index in [9.17, 15) is 0 Å². The lowest BCUT2D eigenvalue weighted by Gasteiger charge is -2.11. The minimum Gasteiger partial charge on any atom is -0.356 e. The van der Waals surface area contributed by atoms with Crippen LogP contribution in [0.5, 0.6) is 0 Å². The van der Waals surface area contributed by atoms with Crippen LogP contribution in [-0.4, -0.2) is 24.1 Å². The normalized spacial score (nSPS) is 11.3. The zero-order valence-electron chi connectivity index (χ0n) is 29.3. The topological polar surface area (TPSA) is 154 Å². The van der Waals surface area contributed by atoms with Gasteiger partial charge in [0.25, 0.3) is 0 Å². The molecule has 0 saturated carbocycles. The second kappa shape index (κ2) is 15.5. The molecule has 264 valence electrons. The summed E-state index contributed by atoms with van der Waals surface area (Å²) in [6.45, 7) is 0. The van der Waals surface area contributed by atoms with Gasteiger partial charge in [0.05, 0.1) is 53.0 Å². The largest absolute Gasteiger partial charge is 0.421 e. The molecule has 0 aliphatic heterocycles. The van der Waals surface area contributed by atoms with Crippen molar-refractivity contribution in [2.24, 2.45) is 48.6 Å². The molecule has 0 radical (unpaired) electrons. The predicted octanol–water partition coefficient (Wildman–Crippen LogP) is 8.66. The van der Waals surface area contributed by atoms with E-state index in [1.807, 2.05) is 168 Å². The van der Waals surface area contributed by atoms with Crippen LogP contribution in [0, 0.1) is 0 Å². The molecule has 7 aromatic rings. The van der Waals surface area contributed by atoms with Gasteiger partial charge in [-0.15, -0.1) is 0 Å². The average molecular weight is 726 g/mol. The minimum atomic E-state index is 0.0580. The van der Waals surface area contributed by atoms with Crippen LogP contribution >= 0.6 is 11.6 Å². The highest BCUT2D eigenvalue weighted by molar-refractivity contribution is 6.28. The molecular weight excluding hydrogens is 690 g/mol. The molecular formula is C37H36ClN15+2. The van der Waals surface area contributed by atoms with Gasteiger partial charge >= 0.3 is 11.9 Å². The van der Waals surface area contributed by atoms with Crippen molar-refractivity contribution < 1.29 is 9.13 Å². The third-order valence-corrected chi connectivity index (χ3v) is 8.17. The molecule has 0 aliphatic carbocycles. The van der Waals surface area contributed by atoms with Gasteiger partial charge in [0.1, 0.15) is 11.4 Å². The van der Waals surface area contributed by atoms with Crippen molar-refractivity contribution in [3.05, 3.63) is 127 Å². The summed E-state index contributed by atoms with van der Waals surface area (Å²) >= 11 is 6.26. The van der Waals surface area contributed by atoms with Crippen LogP contribution in [0.3, 0.4) is 0 Å². The van der Waals surface area contributed by atoms with Crippen molar-refractivity contribution in [1.29, 1.82) is 0 Å². The third-order valence-electron chi connectivity index (χ3n) is 8.00. The van der Waals surface area contributed by atoms with Gasteiger partial charge in [-0.05, 0) is 109 Å². The number of azo groups is 2. The van der Waals surface area contributed by atoms with Crippen LogP contribution < -0.4 is 30.4 Å². The number of rotatable bonds is 12. The van der Waals surface area contributed by atoms with Crippen LogP contribution in [0.2, 0.25) is 5.28 Å². The Balaban J connectivity index is 0.918. The van der Waals surface area contributed by atoms with Crippen molar-refractivity contribution in [1.82, 2.24) is 24.1 Å². The van der Waals surface area contributed by atoms with E-state index in [4.69, 9.17) is 11.6 Å². The summed E-state index contributed by atoms with van der Waals surface area (Å²) in [5.74, 6) is 2.12. The molecule has 4 N–H and O–H groups in total. The molecule has 0 atom stereocenters. The highest BCUT2D eigenvalue weighted by Gasteiger charge is 2.12. The number of nitrogens with zero attached hydrogens (tertiary/aromatic N) is 11. The number of aryl methyl sites for hydroxylation is 4. The van der Waals surface area contributed by atoms with Crippen LogP contribution in [0.15, 0.2) is 142 Å². The second-order valence-electron chi connectivity index (χ2n) is 12.0. The Labute approximate surface area is 310 Å². The number of anilines is 8. The zero-order valence-corrected chi connectivity index (χ0v) is 30.1. The Hall–Kier alpha value is -7.00. The van der Waals surface area contributed by atoms with E-state index in [-0.39, 0.29) is 5.28 Å². The summed E-state index contributed by atoms with van der Waals surface area (Å²) in [5.41, 5.74) is 6.73. The highest BCUT2D eigenvalue weighted by atomic mass is 35.5. The van der Waals surface area contributed by atoms with Crippen molar-refractivity contribution in [3.8, 4) is 0 Å². The number of aromatic nitrogens is 7. The standard InChI is InChI=1S/C37H34ClN15/c1-50-21-22-51(2)36(50)48-46-31-17-13-27(14-18-31)39-25-5-9-29(10-6-25)41-34-43-33(38)44-35(45-34)42-30-11-7-26(8-12-30)40-28-15-19-32(20-16-28)47-49-37-52(3)23-24-53(37)4/h5-24H,1-4H3,(H2,41,42,43,44,45,46,47)/p+2. The molecule has 0 spiro atoms. The van der Waals surface area contributed by atoms with E-state index in [0.717, 1.165) is 57.4 Å². The molecule has 0 amide bonds. The maximum Gasteiger partial charge on any atom is 0.421 e. The van der Waals surface area contributed by atoms with Crippen LogP contribution in [0.25, 0.3) is 0 Å². The molecule has 3 heterocycles. The first-order valence-electron chi connectivity index (χ1n) is 16.5. The molecule has 7 rings (SSSR count). The van der Waals surface area contributed by atoms with Gasteiger partial charge in [-0.3, -0.25) is 0 Å². The SMILES string of the molecule is Cn1cc[n+](C)c1/N=N/c1ccc(Nc2ccc(Nc3nc(Cl)nc(Nc4ccc(Nc5ccc(/N=N/c6n(C)cc[n+]6C)cc5)cc4)n3)cc2)cc1. The van der Waals surface area contributed by atoms with Crippen molar-refractivity contribution in [3.63, 3.8) is 0 Å². The summed E-state index contributed by atoms with van der Waals surface area (Å²) < 4.78 is 7.64. The number of halogens is 1. The Morgan fingerprint density at radius 3 is 1.11 bits per heavy atom. The summed E-state index contributed by atoms with van der Waals surface area (Å²) in [6, 6.07) is 31.0. The van der Waals surface area contributed by atoms with E-state index in [1.54, 1.807) is 0 Å². The third kappa shape index (κ3) is 8.84. The highest BCUT2D eigenvalue weighted by Crippen LogP contribution is 2.26. The molecule has 0 fully saturated rings. The number of benzene rings is 4. The van der Waals surface area contributed by atoms with E-state index in [2.05, 4.69) is 56.7 Å². The Morgan fingerprint density at radius 1 is 0.472 bits per heavy atom. The molecule has 16 heteroatoms. The van der Waals surface area contributed by atoms with E-state index in [1.165, 1.54) is 0 Å². The van der Waals surface area contributed by atoms with Gasteiger partial charge in [0, 0.05) is 44.4 Å². The summed E-state index contributed by atoms with van der Waals surface area (Å²) in [7, 11) is 7.72. The van der Waals surface area contributed by atoms with E-state index >= 15 is 0 Å². The summed E-state index contributed by atoms with van der Waals surface area (Å²) in [5, 5.41) is 30.6. The molecule has 4 aromatic carbocycles. The monoisotopic (exact) mass is 725 g/mol. The molecule has 3 aromatic heterocycles. The first kappa shape index (κ1) is 34.4. The van der Waals surface area contributed by atoms with E-state index in [0.29, 0.717) is 11.9 Å². The molecule has 53 heavy (non-hydrogen) atoms. The smallest absolute Gasteiger partial charge is 0.356 e. The fourth-order valence-corrected chi connectivity index (χ4v) is 5.36. The minimum absolute atomic E-state index is 0.0580. The van der Waals surface area contributed by atoms with Gasteiger partial charge in [0.15, 0.2) is 0 Å². The van der Waals surface area contributed by atoms with Crippen molar-refractivity contribution >= 4 is 80.9 Å². The van der Waals surface area contributed by atoms with E-state index < -0.39 is 0 Å². The second-order valence-corrected chi connectivity index (χ2v) is 12.4. The van der Waals surface area contributed by atoms with Crippen molar-refractivity contribution in [2.75, 3.05) is 21.3 Å². The van der Waals surface area contributed by atoms with Crippen molar-refractivity contribution in [2.45, 2.75) is 0 Å². The van der Waals surface area contributed by atoms with Gasteiger partial charge in [-0.1, -0.05) is 10.2 Å². The Morgan fingerprint density at radius 2 is 0.792 bits per heavy atom. The summed E-state index contributed by atoms with van der Waals surface area (Å²) in [6.07, 6.45) is 7.72. The Kier molecular flexibility index (Phi) is 10.1. The van der Waals surface area contributed by atoms with Gasteiger partial charge < -0.3 is 21.3 Å². The number of imidazole rings is 2. The Bertz CT molecular complexity index is 2180. The number of nitrogens with one attached hydrogen (secondary N) is 4. The predicted molar refractivity (Wildman–Crippen MR) is 205 cm³/mol. The first-order chi connectivity index (χ1) is 25.7. The lowest BCUT2D eigenvalue weighted by atomic mass is 10.2. The van der Waals surface area contributed by atoms with Crippen LogP contribution in [0.4, 0.5) is 69.3 Å². The van der Waals surface area contributed by atoms with Gasteiger partial charge in [0.2, 0.25) is 17.2 Å². The summed E-state index contributed by atoms with van der Waals surface area (Å²) in [4.78, 5) is 13.0. The van der Waals surface area contributed by atoms with Crippen LogP contribution in [-0.2, 0) is 28.2 Å². The molecule has 0 unspecified atom stereocenters. The maximum absolute atomic E-state index is 6.26. The average Bonchev–Trinajstić information content (AvgIpc) is 3.66. The first-order valence-corrected chi connectivity index (χ1v) is 16.9. The maximum atomic E-state index is 6.26. The fraction of sp³-hybridized carbons (Fsp3) is 0.108. The fourth-order valence-electron chi connectivity index (χ4n) is 5.20. The van der Waals surface area contributed by atoms with Gasteiger partial charge in [-0.2, -0.15) is 15.0 Å². The lowest BCUT2D eigenvalue weighted by molar-refractivity contribution is -0.657. The zero-order chi connectivity index (χ0) is 36.7. The quantitative estimate of drug-likeness (QED) is 0.0726.